The molecule has 0 spiro atoms. The number of halogens is 1. The first kappa shape index (κ1) is 28.3. The van der Waals surface area contributed by atoms with Gasteiger partial charge in [0.15, 0.2) is 0 Å². The fourth-order valence-electron chi connectivity index (χ4n) is 5.17. The Bertz CT molecular complexity index is 1250. The third-order valence-electron chi connectivity index (χ3n) is 6.81. The summed E-state index contributed by atoms with van der Waals surface area (Å²) in [5.41, 5.74) is 2.38. The Morgan fingerprint density at radius 1 is 0.923 bits per heavy atom. The zero-order valence-electron chi connectivity index (χ0n) is 21.9. The fraction of sp³-hybridized carbons (Fsp3) is 0.300. The highest BCUT2D eigenvalue weighted by Crippen LogP contribution is 2.34. The number of carbonyl (C=O) groups excluding carboxylic acids is 2. The molecule has 0 saturated carbocycles. The average molecular weight is 550 g/mol. The largest absolute Gasteiger partial charge is 0.478 e. The van der Waals surface area contributed by atoms with E-state index >= 15 is 0 Å². The standard InChI is InChI=1S/C30H32ClN3O5/c1-20-16-33(28(36)19-39-18-27(35)32-26-14-13-24(31)15-25(26)30(37)38)17-21(2)34(20)29(22-9-5-3-6-10-22)23-11-7-4-8-12-23/h3-15,20-21,29H,16-19H2,1-2H3,(H,32,35)(H,37,38)/t20-,21+. The van der Waals surface area contributed by atoms with E-state index in [2.05, 4.69) is 48.3 Å². The maximum absolute atomic E-state index is 13.0. The number of hydrogen-bond donors (Lipinski definition) is 2. The summed E-state index contributed by atoms with van der Waals surface area (Å²) >= 11 is 5.85. The van der Waals surface area contributed by atoms with E-state index in [-0.39, 0.29) is 53.5 Å². The highest BCUT2D eigenvalue weighted by Gasteiger charge is 2.37. The number of nitrogens with zero attached hydrogens (tertiary/aromatic N) is 2. The van der Waals surface area contributed by atoms with Crippen LogP contribution in [0.2, 0.25) is 5.02 Å². The maximum atomic E-state index is 13.0. The number of benzene rings is 3. The molecule has 1 fully saturated rings. The molecule has 1 aliphatic heterocycles. The third kappa shape index (κ3) is 7.03. The summed E-state index contributed by atoms with van der Waals surface area (Å²) in [7, 11) is 0. The van der Waals surface area contributed by atoms with Gasteiger partial charge < -0.3 is 20.1 Å². The van der Waals surface area contributed by atoms with Gasteiger partial charge in [-0.15, -0.1) is 0 Å². The zero-order valence-corrected chi connectivity index (χ0v) is 22.7. The Hall–Kier alpha value is -3.72. The second kappa shape index (κ2) is 12.9. The predicted molar refractivity (Wildman–Crippen MR) is 150 cm³/mol. The molecule has 8 nitrogen and oxygen atoms in total. The van der Waals surface area contributed by atoms with Crippen LogP contribution in [0.15, 0.2) is 78.9 Å². The summed E-state index contributed by atoms with van der Waals surface area (Å²) in [6.45, 7) is 4.66. The molecule has 2 amide bonds. The van der Waals surface area contributed by atoms with Gasteiger partial charge in [-0.25, -0.2) is 4.79 Å². The van der Waals surface area contributed by atoms with E-state index in [0.717, 1.165) is 0 Å². The van der Waals surface area contributed by atoms with Gasteiger partial charge in [0.2, 0.25) is 11.8 Å². The number of piperazine rings is 1. The molecule has 0 unspecified atom stereocenters. The zero-order chi connectivity index (χ0) is 27.9. The fourth-order valence-corrected chi connectivity index (χ4v) is 5.34. The number of carboxylic acids is 1. The number of aromatic carboxylic acids is 1. The second-order valence-electron chi connectivity index (χ2n) is 9.70. The summed E-state index contributed by atoms with van der Waals surface area (Å²) in [5, 5.41) is 12.1. The second-order valence-corrected chi connectivity index (χ2v) is 10.1. The van der Waals surface area contributed by atoms with Gasteiger partial charge in [-0.05, 0) is 43.2 Å². The number of nitrogens with one attached hydrogen (secondary N) is 1. The molecular formula is C30H32ClN3O5. The molecule has 0 radical (unpaired) electrons. The van der Waals surface area contributed by atoms with Crippen molar-refractivity contribution in [3.05, 3.63) is 101 Å². The van der Waals surface area contributed by atoms with Gasteiger partial charge in [-0.3, -0.25) is 14.5 Å². The van der Waals surface area contributed by atoms with Crippen LogP contribution in [0.4, 0.5) is 5.69 Å². The van der Waals surface area contributed by atoms with Crippen molar-refractivity contribution in [2.45, 2.75) is 32.0 Å². The van der Waals surface area contributed by atoms with Gasteiger partial charge in [0.25, 0.3) is 0 Å². The molecule has 2 N–H and O–H groups in total. The topological polar surface area (TPSA) is 99.2 Å². The number of anilines is 1. The van der Waals surface area contributed by atoms with Gasteiger partial charge in [-0.1, -0.05) is 72.3 Å². The van der Waals surface area contributed by atoms with Crippen molar-refractivity contribution in [3.63, 3.8) is 0 Å². The predicted octanol–water partition coefficient (Wildman–Crippen LogP) is 4.70. The van der Waals surface area contributed by atoms with E-state index in [4.69, 9.17) is 16.3 Å². The van der Waals surface area contributed by atoms with Crippen LogP contribution in [0, 0.1) is 0 Å². The SMILES string of the molecule is C[C@@H]1CN(C(=O)COCC(=O)Nc2ccc(Cl)cc2C(=O)O)C[C@H](C)N1C(c1ccccc1)c1ccccc1. The molecule has 0 bridgehead atoms. The van der Waals surface area contributed by atoms with Crippen LogP contribution in [0.3, 0.4) is 0 Å². The minimum atomic E-state index is -1.21. The number of carbonyl (C=O) groups is 3. The lowest BCUT2D eigenvalue weighted by molar-refractivity contribution is -0.142. The normalized spacial score (nSPS) is 17.7. The van der Waals surface area contributed by atoms with Crippen molar-refractivity contribution < 1.29 is 24.2 Å². The van der Waals surface area contributed by atoms with Crippen LogP contribution in [-0.2, 0) is 14.3 Å². The lowest BCUT2D eigenvalue weighted by Crippen LogP contribution is -2.59. The Balaban J connectivity index is 1.35. The van der Waals surface area contributed by atoms with E-state index in [1.165, 1.54) is 29.3 Å². The van der Waals surface area contributed by atoms with Crippen molar-refractivity contribution in [3.8, 4) is 0 Å². The van der Waals surface area contributed by atoms with Crippen molar-refractivity contribution in [2.24, 2.45) is 0 Å². The van der Waals surface area contributed by atoms with Gasteiger partial charge >= 0.3 is 5.97 Å². The van der Waals surface area contributed by atoms with Crippen LogP contribution in [0.1, 0.15) is 41.4 Å². The summed E-state index contributed by atoms with van der Waals surface area (Å²) in [6.07, 6.45) is 0. The van der Waals surface area contributed by atoms with Crippen LogP contribution in [0.25, 0.3) is 0 Å². The average Bonchev–Trinajstić information content (AvgIpc) is 2.92. The number of rotatable bonds is 9. The Morgan fingerprint density at radius 2 is 1.49 bits per heavy atom. The molecule has 0 aromatic heterocycles. The van der Waals surface area contributed by atoms with Gasteiger partial charge in [0.05, 0.1) is 17.3 Å². The molecule has 204 valence electrons. The molecule has 0 aliphatic carbocycles. The number of carboxylic acid groups (broad SMARTS) is 1. The first-order chi connectivity index (χ1) is 18.7. The summed E-state index contributed by atoms with van der Waals surface area (Å²) < 4.78 is 5.40. The lowest BCUT2D eigenvalue weighted by atomic mass is 9.92. The molecule has 3 aromatic carbocycles. The Kier molecular flexibility index (Phi) is 9.35. The number of hydrogen-bond acceptors (Lipinski definition) is 5. The summed E-state index contributed by atoms with van der Waals surface area (Å²) in [6, 6.07) is 25.1. The molecule has 2 atom stereocenters. The number of amides is 2. The van der Waals surface area contributed by atoms with Crippen LogP contribution >= 0.6 is 11.6 Å². The van der Waals surface area contributed by atoms with Gasteiger partial charge in [0, 0.05) is 30.2 Å². The van der Waals surface area contributed by atoms with E-state index in [9.17, 15) is 19.5 Å². The number of ether oxygens (including phenoxy) is 1. The lowest BCUT2D eigenvalue weighted by Gasteiger charge is -2.48. The van der Waals surface area contributed by atoms with Crippen molar-refractivity contribution in [1.29, 1.82) is 0 Å². The molecule has 39 heavy (non-hydrogen) atoms. The summed E-state index contributed by atoms with van der Waals surface area (Å²) in [5.74, 6) is -1.98. The van der Waals surface area contributed by atoms with Crippen molar-refractivity contribution in [2.75, 3.05) is 31.6 Å². The van der Waals surface area contributed by atoms with E-state index in [1.807, 2.05) is 36.4 Å². The Labute approximate surface area is 233 Å². The third-order valence-corrected chi connectivity index (χ3v) is 7.05. The quantitative estimate of drug-likeness (QED) is 0.401. The first-order valence-corrected chi connectivity index (χ1v) is 13.2. The smallest absolute Gasteiger partial charge is 0.337 e. The highest BCUT2D eigenvalue weighted by atomic mass is 35.5. The minimum absolute atomic E-state index is 0.0539. The minimum Gasteiger partial charge on any atom is -0.478 e. The van der Waals surface area contributed by atoms with E-state index < -0.39 is 11.9 Å². The Morgan fingerprint density at radius 3 is 2.03 bits per heavy atom. The molecule has 1 aliphatic rings. The molecule has 1 saturated heterocycles. The monoisotopic (exact) mass is 549 g/mol. The van der Waals surface area contributed by atoms with Gasteiger partial charge in [-0.2, -0.15) is 0 Å². The van der Waals surface area contributed by atoms with Crippen LogP contribution < -0.4 is 5.32 Å². The molecule has 1 heterocycles. The van der Waals surface area contributed by atoms with Crippen LogP contribution in [0.5, 0.6) is 0 Å². The maximum Gasteiger partial charge on any atom is 0.337 e. The summed E-state index contributed by atoms with van der Waals surface area (Å²) in [4.78, 5) is 41.0. The van der Waals surface area contributed by atoms with Gasteiger partial charge in [0.1, 0.15) is 13.2 Å². The molecule has 9 heteroatoms. The van der Waals surface area contributed by atoms with E-state index in [1.54, 1.807) is 4.90 Å². The molecule has 4 rings (SSSR count). The van der Waals surface area contributed by atoms with Crippen molar-refractivity contribution >= 4 is 35.1 Å². The van der Waals surface area contributed by atoms with Crippen molar-refractivity contribution in [1.82, 2.24) is 9.80 Å². The van der Waals surface area contributed by atoms with E-state index in [0.29, 0.717) is 13.1 Å². The van der Waals surface area contributed by atoms with Crippen LogP contribution in [-0.4, -0.2) is 71.1 Å². The molecular weight excluding hydrogens is 518 g/mol. The highest BCUT2D eigenvalue weighted by molar-refractivity contribution is 6.31. The molecule has 3 aromatic rings. The first-order valence-electron chi connectivity index (χ1n) is 12.8.